The molecule has 0 bridgehead atoms. The highest BCUT2D eigenvalue weighted by atomic mass is 32.2. The number of aromatic nitrogens is 3. The number of nitrogens with zero attached hydrogens (tertiary/aromatic N) is 4. The number of piperidine rings is 1. The summed E-state index contributed by atoms with van der Waals surface area (Å²) in [7, 11) is 0. The zero-order valence-corrected chi connectivity index (χ0v) is 19.7. The van der Waals surface area contributed by atoms with E-state index in [0.717, 1.165) is 18.4 Å². The van der Waals surface area contributed by atoms with Gasteiger partial charge in [-0.1, -0.05) is 11.8 Å². The van der Waals surface area contributed by atoms with Gasteiger partial charge in [-0.05, 0) is 42.6 Å². The van der Waals surface area contributed by atoms with Crippen molar-refractivity contribution >= 4 is 34.3 Å². The number of amides is 1. The quantitative estimate of drug-likeness (QED) is 0.485. The molecule has 3 atom stereocenters. The molecule has 35 heavy (non-hydrogen) atoms. The summed E-state index contributed by atoms with van der Waals surface area (Å²) in [6.07, 6.45) is 0.120. The molecule has 2 aromatic heterocycles. The van der Waals surface area contributed by atoms with Crippen molar-refractivity contribution in [2.24, 2.45) is 0 Å². The molecule has 1 aromatic carbocycles. The molecule has 0 saturated carbocycles. The number of nitrogens with one attached hydrogen (secondary N) is 2. The molecule has 0 spiro atoms. The summed E-state index contributed by atoms with van der Waals surface area (Å²) < 4.78 is 16.5. The van der Waals surface area contributed by atoms with Crippen molar-refractivity contribution in [1.82, 2.24) is 25.0 Å². The summed E-state index contributed by atoms with van der Waals surface area (Å²) in [6.45, 7) is 2.66. The molecule has 6 rings (SSSR count). The zero-order valence-electron chi connectivity index (χ0n) is 18.9. The SMILES string of the molecule is O=C1CSc2nnc(CN[C@H]3CCN(CC4Cn5c(=O)ccc6ccc(F)c4c65)C[C@H]3O)cc2N1. The van der Waals surface area contributed by atoms with E-state index in [9.17, 15) is 19.1 Å². The molecule has 9 nitrogen and oxygen atoms in total. The van der Waals surface area contributed by atoms with Crippen molar-refractivity contribution in [3.05, 3.63) is 57.8 Å². The fraction of sp³-hybridized carbons (Fsp3) is 0.417. The molecule has 3 aromatic rings. The fourth-order valence-corrected chi connectivity index (χ4v) is 6.10. The predicted molar refractivity (Wildman–Crippen MR) is 130 cm³/mol. The lowest BCUT2D eigenvalue weighted by Gasteiger charge is -2.37. The van der Waals surface area contributed by atoms with Crippen molar-refractivity contribution in [3.8, 4) is 0 Å². The Morgan fingerprint density at radius 1 is 1.20 bits per heavy atom. The number of benzene rings is 1. The van der Waals surface area contributed by atoms with Gasteiger partial charge in [0, 0.05) is 49.8 Å². The average Bonchev–Trinajstić information content (AvgIpc) is 3.23. The van der Waals surface area contributed by atoms with Crippen molar-refractivity contribution in [2.75, 3.05) is 30.7 Å². The summed E-state index contributed by atoms with van der Waals surface area (Å²) in [6, 6.07) is 8.18. The first kappa shape index (κ1) is 22.6. The van der Waals surface area contributed by atoms with Gasteiger partial charge >= 0.3 is 0 Å². The second kappa shape index (κ2) is 8.98. The van der Waals surface area contributed by atoms with Crippen LogP contribution < -0.4 is 16.2 Å². The molecule has 1 fully saturated rings. The minimum atomic E-state index is -0.600. The normalized spacial score (nSPS) is 23.9. The minimum Gasteiger partial charge on any atom is -0.390 e. The summed E-state index contributed by atoms with van der Waals surface area (Å²) in [4.78, 5) is 26.1. The lowest BCUT2D eigenvalue weighted by Crippen LogP contribution is -2.53. The Kier molecular flexibility index (Phi) is 5.79. The maximum absolute atomic E-state index is 14.8. The first-order valence-corrected chi connectivity index (χ1v) is 12.7. The maximum Gasteiger partial charge on any atom is 0.251 e. The Balaban J connectivity index is 1.09. The van der Waals surface area contributed by atoms with Crippen LogP contribution in [0.25, 0.3) is 10.9 Å². The van der Waals surface area contributed by atoms with Crippen LogP contribution in [0.3, 0.4) is 0 Å². The highest BCUT2D eigenvalue weighted by molar-refractivity contribution is 8.00. The predicted octanol–water partition coefficient (Wildman–Crippen LogP) is 1.30. The van der Waals surface area contributed by atoms with Gasteiger partial charge in [-0.2, -0.15) is 5.10 Å². The minimum absolute atomic E-state index is 0.0523. The van der Waals surface area contributed by atoms with E-state index in [1.54, 1.807) is 16.7 Å². The number of thioether (sulfide) groups is 1. The van der Waals surface area contributed by atoms with E-state index in [0.29, 0.717) is 59.4 Å². The van der Waals surface area contributed by atoms with Crippen molar-refractivity contribution < 1.29 is 14.3 Å². The third-order valence-electron chi connectivity index (χ3n) is 7.06. The summed E-state index contributed by atoms with van der Waals surface area (Å²) in [5, 5.41) is 27.0. The molecule has 0 aliphatic carbocycles. The largest absolute Gasteiger partial charge is 0.390 e. The molecule has 5 heterocycles. The number of likely N-dealkylation sites (tertiary alicyclic amines) is 1. The number of carbonyl (C=O) groups excluding carboxylic acids is 1. The second-order valence-electron chi connectivity index (χ2n) is 9.37. The molecule has 1 saturated heterocycles. The highest BCUT2D eigenvalue weighted by Gasteiger charge is 2.33. The van der Waals surface area contributed by atoms with Crippen LogP contribution in [0, 0.1) is 5.82 Å². The third kappa shape index (κ3) is 4.22. The molecule has 182 valence electrons. The first-order valence-electron chi connectivity index (χ1n) is 11.7. The number of halogens is 1. The Bertz CT molecular complexity index is 1380. The number of anilines is 1. The van der Waals surface area contributed by atoms with Crippen LogP contribution in [-0.4, -0.2) is 68.2 Å². The smallest absolute Gasteiger partial charge is 0.251 e. The van der Waals surface area contributed by atoms with Gasteiger partial charge in [0.2, 0.25) is 5.91 Å². The topological polar surface area (TPSA) is 112 Å². The summed E-state index contributed by atoms with van der Waals surface area (Å²) in [5.74, 6) is -0.125. The first-order chi connectivity index (χ1) is 17.0. The Labute approximate surface area is 204 Å². The molecular weight excluding hydrogens is 471 g/mol. The molecule has 1 unspecified atom stereocenters. The van der Waals surface area contributed by atoms with E-state index in [4.69, 9.17) is 0 Å². The van der Waals surface area contributed by atoms with Crippen LogP contribution in [0.1, 0.15) is 23.6 Å². The molecule has 11 heteroatoms. The van der Waals surface area contributed by atoms with Gasteiger partial charge in [0.15, 0.2) is 0 Å². The number of hydrogen-bond donors (Lipinski definition) is 3. The van der Waals surface area contributed by atoms with Gasteiger partial charge in [0.05, 0.1) is 28.8 Å². The highest BCUT2D eigenvalue weighted by Crippen LogP contribution is 2.35. The molecular formula is C24H25FN6O3S. The molecule has 1 amide bonds. The van der Waals surface area contributed by atoms with E-state index in [1.807, 2.05) is 6.07 Å². The lowest BCUT2D eigenvalue weighted by atomic mass is 9.96. The van der Waals surface area contributed by atoms with E-state index in [1.165, 1.54) is 23.9 Å². The number of β-amino-alcohol motifs (C(OH)–C–C–N with tert-alkyl or cyclic N) is 1. The number of aliphatic hydroxyl groups excluding tert-OH is 1. The van der Waals surface area contributed by atoms with Crippen molar-refractivity contribution in [3.63, 3.8) is 0 Å². The lowest BCUT2D eigenvalue weighted by molar-refractivity contribution is -0.113. The summed E-state index contributed by atoms with van der Waals surface area (Å²) >= 11 is 1.37. The maximum atomic E-state index is 14.8. The summed E-state index contributed by atoms with van der Waals surface area (Å²) in [5.41, 5.74) is 2.55. The van der Waals surface area contributed by atoms with Crippen LogP contribution in [0.4, 0.5) is 10.1 Å². The number of carbonyl (C=O) groups is 1. The van der Waals surface area contributed by atoms with E-state index in [-0.39, 0.29) is 29.2 Å². The fourth-order valence-electron chi connectivity index (χ4n) is 5.40. The Morgan fingerprint density at radius 3 is 2.91 bits per heavy atom. The van der Waals surface area contributed by atoms with Crippen LogP contribution in [-0.2, 0) is 17.9 Å². The monoisotopic (exact) mass is 496 g/mol. The van der Waals surface area contributed by atoms with Crippen molar-refractivity contribution in [1.29, 1.82) is 0 Å². The van der Waals surface area contributed by atoms with Gasteiger partial charge in [0.25, 0.3) is 5.56 Å². The van der Waals surface area contributed by atoms with Crippen LogP contribution >= 0.6 is 11.8 Å². The average molecular weight is 497 g/mol. The van der Waals surface area contributed by atoms with E-state index >= 15 is 0 Å². The number of hydrogen-bond acceptors (Lipinski definition) is 8. The number of pyridine rings is 1. The zero-order chi connectivity index (χ0) is 24.1. The molecule has 3 N–H and O–H groups in total. The third-order valence-corrected chi connectivity index (χ3v) is 8.04. The van der Waals surface area contributed by atoms with E-state index < -0.39 is 6.10 Å². The van der Waals surface area contributed by atoms with Gasteiger partial charge in [-0.15, -0.1) is 5.10 Å². The number of aliphatic hydroxyl groups is 1. The Morgan fingerprint density at radius 2 is 2.06 bits per heavy atom. The van der Waals surface area contributed by atoms with Gasteiger partial charge in [-0.3, -0.25) is 14.5 Å². The van der Waals surface area contributed by atoms with Gasteiger partial charge in [-0.25, -0.2) is 4.39 Å². The van der Waals surface area contributed by atoms with Crippen LogP contribution in [0.5, 0.6) is 0 Å². The van der Waals surface area contributed by atoms with E-state index in [2.05, 4.69) is 25.7 Å². The number of rotatable bonds is 5. The molecule has 3 aliphatic rings. The number of fused-ring (bicyclic) bond motifs is 1. The second-order valence-corrected chi connectivity index (χ2v) is 10.3. The van der Waals surface area contributed by atoms with Gasteiger partial charge < -0.3 is 20.3 Å². The van der Waals surface area contributed by atoms with Crippen LogP contribution in [0.2, 0.25) is 0 Å². The van der Waals surface area contributed by atoms with Crippen molar-refractivity contribution in [2.45, 2.75) is 42.6 Å². The van der Waals surface area contributed by atoms with Gasteiger partial charge in [0.1, 0.15) is 10.8 Å². The standard InChI is InChI=1S/C24H25FN6O3S/c25-16-3-1-13-2-4-21(34)31-10-14(22(16)23(13)31)9-30-6-5-17(19(32)11-30)26-8-15-7-18-24(29-28-15)35-12-20(33)27-18/h1-4,7,14,17,19,26,32H,5-6,8-12H2,(H,27,33)/t14?,17-,19+/m0/s1. The Hall–Kier alpha value is -2.86. The molecule has 3 aliphatic heterocycles. The van der Waals surface area contributed by atoms with Crippen LogP contribution in [0.15, 0.2) is 40.2 Å². The molecule has 0 radical (unpaired) electrons.